The molecule has 2 aromatic carbocycles. The number of imide groups is 2. The number of nitrogens with zero attached hydrogens (tertiary/aromatic N) is 2. The van der Waals surface area contributed by atoms with Gasteiger partial charge in [0.1, 0.15) is 0 Å². The third kappa shape index (κ3) is 2.75. The monoisotopic (exact) mass is 508 g/mol. The number of carbonyl (C=O) groups excluding carboxylic acids is 6. The first-order chi connectivity index (χ1) is 18.2. The van der Waals surface area contributed by atoms with Gasteiger partial charge in [0.05, 0.1) is 35.0 Å². The van der Waals surface area contributed by atoms with Crippen molar-refractivity contribution in [3.05, 3.63) is 71.8 Å². The molecular weight excluding hydrogens is 484 g/mol. The Morgan fingerprint density at radius 3 is 1.32 bits per heavy atom. The van der Waals surface area contributed by atoms with E-state index in [0.29, 0.717) is 22.5 Å². The molecule has 8 atom stereocenters. The summed E-state index contributed by atoms with van der Waals surface area (Å²) < 4.78 is 0. The number of carbonyl (C=O) groups is 6. The molecule has 2 saturated carbocycles. The first kappa shape index (κ1) is 23.0. The lowest BCUT2D eigenvalue weighted by atomic mass is 9.40. The van der Waals surface area contributed by atoms with Crippen LogP contribution in [0.2, 0.25) is 0 Å². The van der Waals surface area contributed by atoms with Gasteiger partial charge < -0.3 is 0 Å². The number of hydrogen-bond donors (Lipinski definition) is 0. The Morgan fingerprint density at radius 2 is 0.947 bits per heavy atom. The number of benzene rings is 2. The van der Waals surface area contributed by atoms with Crippen molar-refractivity contribution in [1.29, 1.82) is 0 Å². The summed E-state index contributed by atoms with van der Waals surface area (Å²) in [6.45, 7) is 2.86. The van der Waals surface area contributed by atoms with Crippen molar-refractivity contribution in [2.45, 2.75) is 13.8 Å². The standard InChI is InChI=1S/C30H24N2O6/c1-13(33)15-5-3-7-17(11-15)31-27(35)23-19-9-10-20(24(23)28(31)36)22-21(19)25-26(22)30(38)32(29(25)37)18-8-4-6-16(12-18)14(2)34/h3-12,19-26H,1-2H3. The van der Waals surface area contributed by atoms with Crippen molar-refractivity contribution in [1.82, 2.24) is 0 Å². The number of hydrogen-bond acceptors (Lipinski definition) is 6. The van der Waals surface area contributed by atoms with Gasteiger partial charge in [-0.15, -0.1) is 0 Å². The quantitative estimate of drug-likeness (QED) is 0.357. The Hall–Kier alpha value is -4.20. The molecule has 4 amide bonds. The molecule has 8 nitrogen and oxygen atoms in total. The van der Waals surface area contributed by atoms with Gasteiger partial charge in [0.15, 0.2) is 11.6 Å². The third-order valence-corrected chi connectivity index (χ3v) is 9.37. The van der Waals surface area contributed by atoms with Crippen LogP contribution in [0.1, 0.15) is 34.6 Å². The summed E-state index contributed by atoms with van der Waals surface area (Å²) in [5.74, 6) is -4.91. The summed E-state index contributed by atoms with van der Waals surface area (Å²) in [6.07, 6.45) is 3.92. The first-order valence-electron chi connectivity index (χ1n) is 12.9. The summed E-state index contributed by atoms with van der Waals surface area (Å²) >= 11 is 0. The minimum Gasteiger partial charge on any atom is -0.295 e. The predicted molar refractivity (Wildman–Crippen MR) is 135 cm³/mol. The summed E-state index contributed by atoms with van der Waals surface area (Å²) in [5.41, 5.74) is 1.58. The molecule has 4 fully saturated rings. The number of ketones is 2. The average Bonchev–Trinajstić information content (AvgIpc) is 3.27. The smallest absolute Gasteiger partial charge is 0.238 e. The average molecular weight is 509 g/mol. The van der Waals surface area contributed by atoms with E-state index >= 15 is 0 Å². The molecule has 8 rings (SSSR count). The fourth-order valence-electron chi connectivity index (χ4n) is 7.84. The van der Waals surface area contributed by atoms with Gasteiger partial charge in [0, 0.05) is 11.1 Å². The van der Waals surface area contributed by atoms with Crippen LogP contribution >= 0.6 is 0 Å². The van der Waals surface area contributed by atoms with Crippen LogP contribution in [0.4, 0.5) is 11.4 Å². The van der Waals surface area contributed by atoms with E-state index in [9.17, 15) is 28.8 Å². The van der Waals surface area contributed by atoms with Crippen LogP contribution in [0.25, 0.3) is 0 Å². The Labute approximate surface area is 218 Å². The highest BCUT2D eigenvalue weighted by atomic mass is 16.2. The lowest BCUT2D eigenvalue weighted by Crippen LogP contribution is -2.63. The lowest BCUT2D eigenvalue weighted by molar-refractivity contribution is -0.166. The molecule has 8 heteroatoms. The minimum absolute atomic E-state index is 0.159. The zero-order chi connectivity index (χ0) is 26.6. The van der Waals surface area contributed by atoms with Crippen molar-refractivity contribution in [2.24, 2.45) is 47.3 Å². The predicted octanol–water partition coefficient (Wildman–Crippen LogP) is 3.07. The fraction of sp³-hybridized carbons (Fsp3) is 0.333. The van der Waals surface area contributed by atoms with Gasteiger partial charge in [-0.1, -0.05) is 36.4 Å². The van der Waals surface area contributed by atoms with Crippen LogP contribution in [-0.4, -0.2) is 35.2 Å². The number of anilines is 2. The van der Waals surface area contributed by atoms with Gasteiger partial charge >= 0.3 is 0 Å². The van der Waals surface area contributed by atoms with Crippen LogP contribution in [0.3, 0.4) is 0 Å². The second kappa shape index (κ2) is 7.66. The molecule has 190 valence electrons. The summed E-state index contributed by atoms with van der Waals surface area (Å²) in [6, 6.07) is 13.0. The SMILES string of the molecule is CC(=O)c1cccc(N2C(=O)C3C4C=CC(C3C2=O)C2C3C(=O)N(c5cccc(C(C)=O)c5)C(=O)C3C42)c1. The molecule has 2 heterocycles. The lowest BCUT2D eigenvalue weighted by Gasteiger charge is -2.60. The van der Waals surface area contributed by atoms with Crippen LogP contribution < -0.4 is 9.80 Å². The van der Waals surface area contributed by atoms with E-state index in [1.807, 2.05) is 12.2 Å². The second-order valence-electron chi connectivity index (χ2n) is 11.0. The number of fused-ring (bicyclic) bond motifs is 1. The van der Waals surface area contributed by atoms with Crippen LogP contribution in [0, 0.1) is 47.3 Å². The van der Waals surface area contributed by atoms with Crippen molar-refractivity contribution < 1.29 is 28.8 Å². The van der Waals surface area contributed by atoms with Crippen molar-refractivity contribution in [3.63, 3.8) is 0 Å². The molecule has 2 aromatic rings. The maximum Gasteiger partial charge on any atom is 0.238 e. The van der Waals surface area contributed by atoms with E-state index < -0.39 is 23.7 Å². The number of allylic oxidation sites excluding steroid dienone is 2. The molecule has 0 spiro atoms. The summed E-state index contributed by atoms with van der Waals surface area (Å²) in [7, 11) is 0. The normalized spacial score (nSPS) is 34.3. The molecule has 6 aliphatic rings. The molecule has 0 N–H and O–H groups in total. The molecular formula is C30H24N2O6. The van der Waals surface area contributed by atoms with Crippen molar-refractivity contribution in [2.75, 3.05) is 9.80 Å². The number of amides is 4. The highest BCUT2D eigenvalue weighted by Gasteiger charge is 2.75. The van der Waals surface area contributed by atoms with Crippen molar-refractivity contribution >= 4 is 46.6 Å². The van der Waals surface area contributed by atoms with Gasteiger partial charge in [-0.25, -0.2) is 4.90 Å². The summed E-state index contributed by atoms with van der Waals surface area (Å²) in [4.78, 5) is 80.8. The summed E-state index contributed by atoms with van der Waals surface area (Å²) in [5, 5.41) is 0. The maximum atomic E-state index is 13.7. The van der Waals surface area contributed by atoms with Gasteiger partial charge in [-0.2, -0.15) is 0 Å². The van der Waals surface area contributed by atoms with Gasteiger partial charge in [-0.05, 0) is 61.8 Å². The zero-order valence-electron chi connectivity index (χ0n) is 20.7. The topological polar surface area (TPSA) is 109 Å². The minimum atomic E-state index is -0.598. The number of Topliss-reactive ketones (excluding diaryl/α,β-unsaturated/α-hetero) is 2. The Morgan fingerprint density at radius 1 is 0.579 bits per heavy atom. The van der Waals surface area contributed by atoms with E-state index in [4.69, 9.17) is 0 Å². The second-order valence-corrected chi connectivity index (χ2v) is 11.0. The molecule has 8 unspecified atom stereocenters. The molecule has 38 heavy (non-hydrogen) atoms. The largest absolute Gasteiger partial charge is 0.295 e. The molecule has 0 radical (unpaired) electrons. The molecule has 4 aliphatic carbocycles. The van der Waals surface area contributed by atoms with Crippen LogP contribution in [0.5, 0.6) is 0 Å². The van der Waals surface area contributed by atoms with Gasteiger partial charge in [0.2, 0.25) is 23.6 Å². The van der Waals surface area contributed by atoms with E-state index in [1.54, 1.807) is 48.5 Å². The van der Waals surface area contributed by atoms with E-state index in [-0.39, 0.29) is 58.9 Å². The fourth-order valence-corrected chi connectivity index (χ4v) is 7.84. The van der Waals surface area contributed by atoms with Crippen LogP contribution in [0.15, 0.2) is 60.7 Å². The Kier molecular flexibility index (Phi) is 4.63. The zero-order valence-corrected chi connectivity index (χ0v) is 20.7. The molecule has 2 bridgehead atoms. The highest BCUT2D eigenvalue weighted by Crippen LogP contribution is 2.68. The molecule has 2 saturated heterocycles. The van der Waals surface area contributed by atoms with E-state index in [2.05, 4.69) is 0 Å². The molecule has 2 aliphatic heterocycles. The maximum absolute atomic E-state index is 13.7. The van der Waals surface area contributed by atoms with Crippen LogP contribution in [-0.2, 0) is 19.2 Å². The Balaban J connectivity index is 1.23. The highest BCUT2D eigenvalue weighted by molar-refractivity contribution is 6.25. The van der Waals surface area contributed by atoms with Gasteiger partial charge in [-0.3, -0.25) is 33.7 Å². The first-order valence-corrected chi connectivity index (χ1v) is 12.9. The number of rotatable bonds is 4. The van der Waals surface area contributed by atoms with Crippen molar-refractivity contribution in [3.8, 4) is 0 Å². The van der Waals surface area contributed by atoms with Gasteiger partial charge in [0.25, 0.3) is 0 Å². The Bertz CT molecular complexity index is 1480. The van der Waals surface area contributed by atoms with E-state index in [0.717, 1.165) is 0 Å². The molecule has 0 aromatic heterocycles. The third-order valence-electron chi connectivity index (χ3n) is 9.37. The van der Waals surface area contributed by atoms with E-state index in [1.165, 1.54) is 23.6 Å².